The number of thioether (sulfide) groups is 1. The summed E-state index contributed by atoms with van der Waals surface area (Å²) in [5.74, 6) is -0.0744. The number of aliphatic imine (C=N–C) groups is 1. The molecule has 0 bridgehead atoms. The van der Waals surface area contributed by atoms with Crippen molar-refractivity contribution in [3.05, 3.63) is 0 Å². The molecule has 14 heavy (non-hydrogen) atoms. The lowest BCUT2D eigenvalue weighted by molar-refractivity contribution is -0.121. The molecule has 0 heterocycles. The number of carbonyl (C=O) groups excluding carboxylic acids is 1. The van der Waals surface area contributed by atoms with Crippen molar-refractivity contribution in [3.8, 4) is 6.19 Å². The van der Waals surface area contributed by atoms with Crippen LogP contribution in [0.3, 0.4) is 0 Å². The summed E-state index contributed by atoms with van der Waals surface area (Å²) in [4.78, 5) is 16.4. The van der Waals surface area contributed by atoms with E-state index >= 15 is 0 Å². The number of nitriles is 1. The van der Waals surface area contributed by atoms with E-state index < -0.39 is 0 Å². The molecule has 0 spiro atoms. The molecule has 0 aliphatic rings. The molecule has 0 saturated heterocycles. The third-order valence-electron chi connectivity index (χ3n) is 1.41. The highest BCUT2D eigenvalue weighted by Gasteiger charge is 2.09. The first-order valence-electron chi connectivity index (χ1n) is 4.14. The van der Waals surface area contributed by atoms with Gasteiger partial charge in [-0.3, -0.25) is 4.79 Å². The van der Waals surface area contributed by atoms with Crippen molar-refractivity contribution in [3.63, 3.8) is 0 Å². The summed E-state index contributed by atoms with van der Waals surface area (Å²) in [7, 11) is 1.72. The minimum Gasteiger partial charge on any atom is -0.355 e. The van der Waals surface area contributed by atoms with Gasteiger partial charge >= 0.3 is 0 Å². The van der Waals surface area contributed by atoms with Crippen LogP contribution in [0.1, 0.15) is 6.92 Å². The second-order valence-corrected chi connectivity index (χ2v) is 3.28. The van der Waals surface area contributed by atoms with Crippen molar-refractivity contribution in [2.45, 2.75) is 6.92 Å². The molecule has 6 heteroatoms. The summed E-state index contributed by atoms with van der Waals surface area (Å²) in [6.45, 7) is 2.68. The second-order valence-electron chi connectivity index (χ2n) is 2.51. The van der Waals surface area contributed by atoms with Gasteiger partial charge in [-0.1, -0.05) is 11.8 Å². The van der Waals surface area contributed by atoms with Crippen molar-refractivity contribution in [2.24, 2.45) is 4.99 Å². The Morgan fingerprint density at radius 3 is 2.79 bits per heavy atom. The maximum absolute atomic E-state index is 11.2. The molecule has 0 aliphatic carbocycles. The molecule has 0 aromatic carbocycles. The summed E-state index contributed by atoms with van der Waals surface area (Å²) in [6.07, 6.45) is 3.51. The van der Waals surface area contributed by atoms with Gasteiger partial charge in [-0.05, 0) is 13.2 Å². The summed E-state index contributed by atoms with van der Waals surface area (Å²) in [5.41, 5.74) is 0. The lowest BCUT2D eigenvalue weighted by Crippen LogP contribution is -2.37. The number of rotatable bonds is 3. The predicted molar refractivity (Wildman–Crippen MR) is 57.9 cm³/mol. The zero-order valence-corrected chi connectivity index (χ0v) is 9.39. The highest BCUT2D eigenvalue weighted by atomic mass is 32.2. The van der Waals surface area contributed by atoms with Gasteiger partial charge < -0.3 is 10.2 Å². The molecule has 1 N–H and O–H groups in total. The topological polar surface area (TPSA) is 68.5 Å². The minimum atomic E-state index is -0.0744. The Hall–Kier alpha value is -1.22. The zero-order valence-electron chi connectivity index (χ0n) is 8.57. The molecule has 5 nitrogen and oxygen atoms in total. The monoisotopic (exact) mass is 214 g/mol. The number of hydrogen-bond acceptors (Lipinski definition) is 4. The van der Waals surface area contributed by atoms with Crippen molar-refractivity contribution in [2.75, 3.05) is 26.4 Å². The van der Waals surface area contributed by atoms with Crippen LogP contribution in [-0.2, 0) is 4.79 Å². The van der Waals surface area contributed by atoms with Crippen LogP contribution >= 0.6 is 11.8 Å². The Morgan fingerprint density at radius 2 is 2.36 bits per heavy atom. The van der Waals surface area contributed by atoms with Gasteiger partial charge in [-0.25, -0.2) is 0 Å². The van der Waals surface area contributed by atoms with Crippen molar-refractivity contribution >= 4 is 22.8 Å². The molecule has 0 aromatic rings. The molecule has 0 rings (SSSR count). The van der Waals surface area contributed by atoms with E-state index in [1.807, 2.05) is 13.2 Å². The highest BCUT2D eigenvalue weighted by molar-refractivity contribution is 8.13. The fraction of sp³-hybridized carbons (Fsp3) is 0.625. The Labute approximate surface area is 88.2 Å². The van der Waals surface area contributed by atoms with Crippen LogP contribution in [-0.4, -0.2) is 42.4 Å². The Kier molecular flexibility index (Phi) is 6.58. The van der Waals surface area contributed by atoms with Crippen LogP contribution in [0.15, 0.2) is 4.99 Å². The number of amidine groups is 1. The number of carbonyl (C=O) groups is 1. The van der Waals surface area contributed by atoms with Gasteiger partial charge in [-0.15, -0.1) is 4.99 Å². The third-order valence-corrected chi connectivity index (χ3v) is 2.18. The van der Waals surface area contributed by atoms with Crippen LogP contribution in [0.5, 0.6) is 0 Å². The van der Waals surface area contributed by atoms with Crippen molar-refractivity contribution < 1.29 is 4.79 Å². The average Bonchev–Trinajstić information content (AvgIpc) is 2.14. The van der Waals surface area contributed by atoms with Crippen LogP contribution < -0.4 is 5.32 Å². The fourth-order valence-electron chi connectivity index (χ4n) is 0.866. The normalized spacial score (nSPS) is 10.6. The lowest BCUT2D eigenvalue weighted by atomic mass is 10.5. The van der Waals surface area contributed by atoms with E-state index in [1.165, 1.54) is 11.8 Å². The third kappa shape index (κ3) is 4.72. The number of nitrogens with zero attached hydrogens (tertiary/aromatic N) is 3. The van der Waals surface area contributed by atoms with E-state index in [4.69, 9.17) is 5.26 Å². The minimum absolute atomic E-state index is 0.0744. The lowest BCUT2D eigenvalue weighted by Gasteiger charge is -2.17. The molecule has 0 aliphatic heterocycles. The second kappa shape index (κ2) is 7.21. The van der Waals surface area contributed by atoms with E-state index in [9.17, 15) is 4.79 Å². The van der Waals surface area contributed by atoms with Gasteiger partial charge in [0.05, 0.1) is 6.54 Å². The van der Waals surface area contributed by atoms with Crippen LogP contribution in [0.25, 0.3) is 0 Å². The Morgan fingerprint density at radius 1 is 1.71 bits per heavy atom. The first kappa shape index (κ1) is 12.8. The van der Waals surface area contributed by atoms with Crippen LogP contribution in [0, 0.1) is 11.5 Å². The van der Waals surface area contributed by atoms with Crippen LogP contribution in [0.2, 0.25) is 0 Å². The first-order chi connectivity index (χ1) is 6.65. The summed E-state index contributed by atoms with van der Waals surface area (Å²) in [6, 6.07) is 0. The first-order valence-corrected chi connectivity index (χ1v) is 5.36. The standard InChI is InChI=1S/C8H14N4OS/c1-4-10-7(13)5-12(2)8(14-3)11-6-9/h4-5H2,1-3H3,(H,10,13). The summed E-state index contributed by atoms with van der Waals surface area (Å²) >= 11 is 1.34. The van der Waals surface area contributed by atoms with Gasteiger partial charge in [0.25, 0.3) is 0 Å². The largest absolute Gasteiger partial charge is 0.355 e. The molecule has 0 atom stereocenters. The SMILES string of the molecule is CCNC(=O)CN(C)C(=NC#N)SC. The number of amides is 1. The van der Waals surface area contributed by atoms with Gasteiger partial charge in [0.15, 0.2) is 5.17 Å². The number of hydrogen-bond donors (Lipinski definition) is 1. The maximum atomic E-state index is 11.2. The van der Waals surface area contributed by atoms with Gasteiger partial charge in [0.1, 0.15) is 0 Å². The van der Waals surface area contributed by atoms with E-state index in [1.54, 1.807) is 18.1 Å². The summed E-state index contributed by atoms with van der Waals surface area (Å²) in [5, 5.41) is 11.6. The van der Waals surface area contributed by atoms with Crippen molar-refractivity contribution in [1.29, 1.82) is 5.26 Å². The van der Waals surface area contributed by atoms with Crippen molar-refractivity contribution in [1.82, 2.24) is 10.2 Å². The number of likely N-dealkylation sites (N-methyl/N-ethyl adjacent to an activating group) is 2. The molecule has 0 saturated carbocycles. The zero-order chi connectivity index (χ0) is 11.0. The predicted octanol–water partition coefficient (Wildman–Crippen LogP) is 0.254. The Bertz CT molecular complexity index is 259. The van der Waals surface area contributed by atoms with Gasteiger partial charge in [0.2, 0.25) is 12.1 Å². The fourth-order valence-corrected chi connectivity index (χ4v) is 1.37. The Balaban J connectivity index is 4.19. The average molecular weight is 214 g/mol. The van der Waals surface area contributed by atoms with Gasteiger partial charge in [-0.2, -0.15) is 5.26 Å². The number of nitrogens with one attached hydrogen (secondary N) is 1. The molecule has 0 radical (unpaired) electrons. The molecule has 0 unspecified atom stereocenters. The smallest absolute Gasteiger partial charge is 0.239 e. The molecular weight excluding hydrogens is 200 g/mol. The van der Waals surface area contributed by atoms with Gasteiger partial charge in [0, 0.05) is 13.6 Å². The summed E-state index contributed by atoms with van der Waals surface area (Å²) < 4.78 is 0. The highest BCUT2D eigenvalue weighted by Crippen LogP contribution is 2.02. The molecular formula is C8H14N4OS. The van der Waals surface area contributed by atoms with E-state index in [0.717, 1.165) is 0 Å². The molecule has 1 amide bonds. The van der Waals surface area contributed by atoms with Crippen LogP contribution in [0.4, 0.5) is 0 Å². The quantitative estimate of drug-likeness (QED) is 0.415. The molecule has 78 valence electrons. The van der Waals surface area contributed by atoms with E-state index in [-0.39, 0.29) is 12.5 Å². The maximum Gasteiger partial charge on any atom is 0.239 e. The van der Waals surface area contributed by atoms with E-state index in [0.29, 0.717) is 11.7 Å². The molecule has 0 fully saturated rings. The van der Waals surface area contributed by atoms with E-state index in [2.05, 4.69) is 10.3 Å². The molecule has 0 aromatic heterocycles.